The lowest BCUT2D eigenvalue weighted by Crippen LogP contribution is -2.35. The molecule has 0 aliphatic rings. The molecule has 190 valence electrons. The number of fused-ring (bicyclic) bond motifs is 1. The standard InChI is InChI=1S/C29H28ClN3O4/c1-18-4-6-20(7-5-18)28(35)32-15-14-31-27(34)17-24-19(2)33(26-13-12-23(37-3)16-25(24)26)29(36)21-8-10-22(30)11-9-21/h4-13,16H,14-15,17H2,1-3H3,(H,31,34)(H,32,35). The third-order valence-corrected chi connectivity index (χ3v) is 6.47. The van der Waals surface area contributed by atoms with Gasteiger partial charge in [0.1, 0.15) is 5.75 Å². The minimum Gasteiger partial charge on any atom is -0.497 e. The number of carbonyl (C=O) groups is 3. The summed E-state index contributed by atoms with van der Waals surface area (Å²) in [5, 5.41) is 6.97. The van der Waals surface area contributed by atoms with Crippen LogP contribution in [0.1, 0.15) is 37.5 Å². The van der Waals surface area contributed by atoms with E-state index in [1.165, 1.54) is 0 Å². The Labute approximate surface area is 220 Å². The zero-order valence-electron chi connectivity index (χ0n) is 20.9. The van der Waals surface area contributed by atoms with Gasteiger partial charge in [-0.15, -0.1) is 0 Å². The van der Waals surface area contributed by atoms with E-state index in [4.69, 9.17) is 16.3 Å². The molecule has 3 aromatic carbocycles. The van der Waals surface area contributed by atoms with Crippen molar-refractivity contribution in [2.45, 2.75) is 20.3 Å². The molecule has 0 bridgehead atoms. The predicted octanol–water partition coefficient (Wildman–Crippen LogP) is 4.70. The van der Waals surface area contributed by atoms with E-state index in [1.54, 1.807) is 54.1 Å². The van der Waals surface area contributed by atoms with E-state index in [0.717, 1.165) is 16.5 Å². The van der Waals surface area contributed by atoms with Gasteiger partial charge < -0.3 is 15.4 Å². The summed E-state index contributed by atoms with van der Waals surface area (Å²) in [5.41, 5.74) is 4.22. The second-order valence-electron chi connectivity index (χ2n) is 8.74. The lowest BCUT2D eigenvalue weighted by atomic mass is 10.1. The number of methoxy groups -OCH3 is 1. The summed E-state index contributed by atoms with van der Waals surface area (Å²) in [5.74, 6) is 0.00773. The van der Waals surface area contributed by atoms with E-state index < -0.39 is 0 Å². The zero-order valence-corrected chi connectivity index (χ0v) is 21.7. The van der Waals surface area contributed by atoms with Gasteiger partial charge in [0.05, 0.1) is 19.0 Å². The molecule has 0 aliphatic heterocycles. The highest BCUT2D eigenvalue weighted by molar-refractivity contribution is 6.30. The van der Waals surface area contributed by atoms with E-state index in [1.807, 2.05) is 38.1 Å². The molecule has 1 aromatic heterocycles. The fourth-order valence-corrected chi connectivity index (χ4v) is 4.33. The molecule has 0 spiro atoms. The molecule has 4 rings (SSSR count). The van der Waals surface area contributed by atoms with Crippen LogP contribution in [0.4, 0.5) is 0 Å². The summed E-state index contributed by atoms with van der Waals surface area (Å²) in [6.45, 7) is 4.36. The molecule has 2 amide bonds. The van der Waals surface area contributed by atoms with Gasteiger partial charge in [0.15, 0.2) is 0 Å². The first-order chi connectivity index (χ1) is 17.8. The number of rotatable bonds is 8. The summed E-state index contributed by atoms with van der Waals surface area (Å²) in [7, 11) is 1.57. The van der Waals surface area contributed by atoms with Gasteiger partial charge in [0, 0.05) is 40.3 Å². The highest BCUT2D eigenvalue weighted by Gasteiger charge is 2.22. The molecule has 0 fully saturated rings. The van der Waals surface area contributed by atoms with Crippen LogP contribution in [0, 0.1) is 13.8 Å². The lowest BCUT2D eigenvalue weighted by molar-refractivity contribution is -0.120. The quantitative estimate of drug-likeness (QED) is 0.332. The van der Waals surface area contributed by atoms with Crippen molar-refractivity contribution < 1.29 is 19.1 Å². The average molecular weight is 518 g/mol. The highest BCUT2D eigenvalue weighted by Crippen LogP contribution is 2.30. The summed E-state index contributed by atoms with van der Waals surface area (Å²) >= 11 is 5.99. The number of nitrogens with zero attached hydrogens (tertiary/aromatic N) is 1. The van der Waals surface area contributed by atoms with Gasteiger partial charge in [-0.25, -0.2) is 0 Å². The number of nitrogens with one attached hydrogen (secondary N) is 2. The van der Waals surface area contributed by atoms with Crippen LogP contribution < -0.4 is 15.4 Å². The minimum absolute atomic E-state index is 0.0717. The van der Waals surface area contributed by atoms with Crippen LogP contribution >= 0.6 is 11.6 Å². The fraction of sp³-hybridized carbons (Fsp3) is 0.207. The predicted molar refractivity (Wildman–Crippen MR) is 145 cm³/mol. The molecule has 8 heteroatoms. The SMILES string of the molecule is COc1ccc2c(c1)c(CC(=O)NCCNC(=O)c1ccc(C)cc1)c(C)n2C(=O)c1ccc(Cl)cc1. The molecule has 2 N–H and O–H groups in total. The molecule has 0 atom stereocenters. The van der Waals surface area contributed by atoms with Crippen molar-refractivity contribution in [1.29, 1.82) is 0 Å². The smallest absolute Gasteiger partial charge is 0.262 e. The number of hydrogen-bond donors (Lipinski definition) is 2. The molecule has 37 heavy (non-hydrogen) atoms. The molecule has 0 radical (unpaired) electrons. The molecule has 1 heterocycles. The Morgan fingerprint density at radius 2 is 1.51 bits per heavy atom. The largest absolute Gasteiger partial charge is 0.497 e. The first-order valence-electron chi connectivity index (χ1n) is 11.9. The molecular weight excluding hydrogens is 490 g/mol. The van der Waals surface area contributed by atoms with Crippen LogP contribution in [0.3, 0.4) is 0 Å². The maximum atomic E-state index is 13.4. The third kappa shape index (κ3) is 5.84. The summed E-state index contributed by atoms with van der Waals surface area (Å²) < 4.78 is 7.00. The number of benzene rings is 3. The van der Waals surface area contributed by atoms with Crippen LogP contribution in [0.15, 0.2) is 66.7 Å². The first-order valence-corrected chi connectivity index (χ1v) is 12.3. The Morgan fingerprint density at radius 1 is 0.865 bits per heavy atom. The fourth-order valence-electron chi connectivity index (χ4n) is 4.20. The molecular formula is C29H28ClN3O4. The van der Waals surface area contributed by atoms with Crippen LogP contribution in [0.25, 0.3) is 10.9 Å². The van der Waals surface area contributed by atoms with Crippen molar-refractivity contribution in [1.82, 2.24) is 15.2 Å². The molecule has 0 saturated heterocycles. The van der Waals surface area contributed by atoms with E-state index >= 15 is 0 Å². The number of ether oxygens (including phenoxy) is 1. The number of aryl methyl sites for hydroxylation is 1. The van der Waals surface area contributed by atoms with E-state index in [9.17, 15) is 14.4 Å². The van der Waals surface area contributed by atoms with Crippen LogP contribution in [-0.2, 0) is 11.2 Å². The Morgan fingerprint density at radius 3 is 2.19 bits per heavy atom. The van der Waals surface area contributed by atoms with Gasteiger partial charge in [0.2, 0.25) is 5.91 Å². The van der Waals surface area contributed by atoms with Gasteiger partial charge in [-0.3, -0.25) is 19.0 Å². The van der Waals surface area contributed by atoms with Crippen molar-refractivity contribution in [3.8, 4) is 5.75 Å². The van der Waals surface area contributed by atoms with Crippen LogP contribution in [0.5, 0.6) is 5.75 Å². The van der Waals surface area contributed by atoms with Gasteiger partial charge >= 0.3 is 0 Å². The summed E-state index contributed by atoms with van der Waals surface area (Å²) in [6, 6.07) is 19.4. The average Bonchev–Trinajstić information content (AvgIpc) is 3.17. The molecule has 0 unspecified atom stereocenters. The second-order valence-corrected chi connectivity index (χ2v) is 9.18. The van der Waals surface area contributed by atoms with Crippen LogP contribution in [0.2, 0.25) is 5.02 Å². The third-order valence-electron chi connectivity index (χ3n) is 6.22. The van der Waals surface area contributed by atoms with Gasteiger partial charge in [-0.1, -0.05) is 29.3 Å². The van der Waals surface area contributed by atoms with Crippen molar-refractivity contribution in [3.63, 3.8) is 0 Å². The van der Waals surface area contributed by atoms with E-state index in [-0.39, 0.29) is 30.7 Å². The zero-order chi connectivity index (χ0) is 26.5. The van der Waals surface area contributed by atoms with Crippen molar-refractivity contribution in [2.24, 2.45) is 0 Å². The lowest BCUT2D eigenvalue weighted by Gasteiger charge is -2.09. The Hall–Kier alpha value is -4.10. The number of amides is 2. The molecule has 7 nitrogen and oxygen atoms in total. The van der Waals surface area contributed by atoms with E-state index in [2.05, 4.69) is 10.6 Å². The Bertz CT molecular complexity index is 1460. The normalized spacial score (nSPS) is 10.8. The van der Waals surface area contributed by atoms with E-state index in [0.29, 0.717) is 39.7 Å². The molecule has 0 saturated carbocycles. The van der Waals surface area contributed by atoms with Crippen LogP contribution in [-0.4, -0.2) is 42.5 Å². The monoisotopic (exact) mass is 517 g/mol. The highest BCUT2D eigenvalue weighted by atomic mass is 35.5. The van der Waals surface area contributed by atoms with Crippen molar-refractivity contribution >= 4 is 40.2 Å². The number of halogens is 1. The summed E-state index contributed by atoms with van der Waals surface area (Å²) in [4.78, 5) is 38.5. The van der Waals surface area contributed by atoms with Gasteiger partial charge in [-0.2, -0.15) is 0 Å². The molecule has 4 aromatic rings. The maximum Gasteiger partial charge on any atom is 0.262 e. The minimum atomic E-state index is -0.214. The maximum absolute atomic E-state index is 13.4. The van der Waals surface area contributed by atoms with Gasteiger partial charge in [-0.05, 0) is 74.0 Å². The van der Waals surface area contributed by atoms with Gasteiger partial charge in [0.25, 0.3) is 11.8 Å². The van der Waals surface area contributed by atoms with Crippen molar-refractivity contribution in [2.75, 3.05) is 20.2 Å². The Kier molecular flexibility index (Phi) is 7.94. The second kappa shape index (κ2) is 11.3. The number of hydrogen-bond acceptors (Lipinski definition) is 4. The number of carbonyl (C=O) groups excluding carboxylic acids is 3. The number of aromatic nitrogens is 1. The summed E-state index contributed by atoms with van der Waals surface area (Å²) in [6.07, 6.45) is 0.0717. The molecule has 0 aliphatic carbocycles. The van der Waals surface area contributed by atoms with Crippen molar-refractivity contribution in [3.05, 3.63) is 99.7 Å². The first kappa shape index (κ1) is 26.0. The Balaban J connectivity index is 1.49. The topological polar surface area (TPSA) is 89.4 Å².